The van der Waals surface area contributed by atoms with E-state index < -0.39 is 11.7 Å². The first-order valence-corrected chi connectivity index (χ1v) is 11.1. The SMILES string of the molecule is CC(C)(C)OC(=O)N1CC=CC(O)C1.CCCN1CC=CC(O)C1.OC1C=CCNC1. The summed E-state index contributed by atoms with van der Waals surface area (Å²) in [5.74, 6) is 0. The zero-order valence-corrected chi connectivity index (χ0v) is 19.4. The van der Waals surface area contributed by atoms with Gasteiger partial charge < -0.3 is 30.3 Å². The molecule has 0 aromatic carbocycles. The second kappa shape index (κ2) is 14.4. The molecule has 0 saturated heterocycles. The molecule has 3 heterocycles. The van der Waals surface area contributed by atoms with E-state index in [4.69, 9.17) is 9.84 Å². The molecular formula is C23H41N3O5. The monoisotopic (exact) mass is 439 g/mol. The van der Waals surface area contributed by atoms with Crippen molar-refractivity contribution < 1.29 is 24.9 Å². The highest BCUT2D eigenvalue weighted by molar-refractivity contribution is 5.68. The summed E-state index contributed by atoms with van der Waals surface area (Å²) < 4.78 is 5.17. The fourth-order valence-corrected chi connectivity index (χ4v) is 3.06. The summed E-state index contributed by atoms with van der Waals surface area (Å²) in [5, 5.41) is 30.2. The van der Waals surface area contributed by atoms with Crippen molar-refractivity contribution in [1.82, 2.24) is 15.1 Å². The molecule has 0 fully saturated rings. The molecular weight excluding hydrogens is 398 g/mol. The first-order chi connectivity index (χ1) is 14.6. The molecule has 0 aliphatic carbocycles. The molecule has 0 aromatic rings. The summed E-state index contributed by atoms with van der Waals surface area (Å²) in [6.07, 6.45) is 10.8. The van der Waals surface area contributed by atoms with Gasteiger partial charge in [-0.05, 0) is 33.7 Å². The number of nitrogens with zero attached hydrogens (tertiary/aromatic N) is 2. The third-order valence-corrected chi connectivity index (χ3v) is 4.42. The van der Waals surface area contributed by atoms with Gasteiger partial charge in [0.05, 0.1) is 24.9 Å². The molecule has 3 aliphatic heterocycles. The zero-order chi connectivity index (χ0) is 23.3. The Morgan fingerprint density at radius 2 is 1.61 bits per heavy atom. The number of amides is 1. The van der Waals surface area contributed by atoms with E-state index in [0.29, 0.717) is 19.6 Å². The second-order valence-electron chi connectivity index (χ2n) is 8.79. The molecule has 3 rings (SSSR count). The summed E-state index contributed by atoms with van der Waals surface area (Å²) in [5.41, 5.74) is -0.483. The van der Waals surface area contributed by atoms with Crippen LogP contribution in [0.25, 0.3) is 0 Å². The molecule has 3 aliphatic rings. The topological polar surface area (TPSA) is 106 Å². The summed E-state index contributed by atoms with van der Waals surface area (Å²) in [7, 11) is 0. The van der Waals surface area contributed by atoms with Gasteiger partial charge >= 0.3 is 6.09 Å². The Labute approximate surface area is 186 Å². The first kappa shape index (κ1) is 27.3. The van der Waals surface area contributed by atoms with Crippen molar-refractivity contribution in [2.24, 2.45) is 0 Å². The summed E-state index contributed by atoms with van der Waals surface area (Å²) in [6, 6.07) is 0. The van der Waals surface area contributed by atoms with Crippen LogP contribution in [0.2, 0.25) is 0 Å². The highest BCUT2D eigenvalue weighted by Gasteiger charge is 2.24. The van der Waals surface area contributed by atoms with Crippen LogP contribution in [0.3, 0.4) is 0 Å². The highest BCUT2D eigenvalue weighted by Crippen LogP contribution is 2.12. The lowest BCUT2D eigenvalue weighted by Crippen LogP contribution is -2.42. The van der Waals surface area contributed by atoms with Gasteiger partial charge in [-0.3, -0.25) is 4.90 Å². The van der Waals surface area contributed by atoms with Crippen molar-refractivity contribution >= 4 is 6.09 Å². The number of ether oxygens (including phenoxy) is 1. The van der Waals surface area contributed by atoms with Crippen LogP contribution in [0.1, 0.15) is 34.1 Å². The largest absolute Gasteiger partial charge is 0.444 e. The predicted molar refractivity (Wildman–Crippen MR) is 123 cm³/mol. The van der Waals surface area contributed by atoms with Crippen LogP contribution in [0.5, 0.6) is 0 Å². The van der Waals surface area contributed by atoms with Crippen molar-refractivity contribution in [1.29, 1.82) is 0 Å². The quantitative estimate of drug-likeness (QED) is 0.481. The lowest BCUT2D eigenvalue weighted by molar-refractivity contribution is 0.0189. The van der Waals surface area contributed by atoms with Gasteiger partial charge in [-0.15, -0.1) is 0 Å². The molecule has 0 saturated carbocycles. The Kier molecular flexibility index (Phi) is 12.7. The van der Waals surface area contributed by atoms with E-state index in [1.54, 1.807) is 18.2 Å². The van der Waals surface area contributed by atoms with E-state index in [-0.39, 0.29) is 18.3 Å². The van der Waals surface area contributed by atoms with Crippen molar-refractivity contribution in [2.45, 2.75) is 58.0 Å². The molecule has 8 heteroatoms. The van der Waals surface area contributed by atoms with E-state index in [9.17, 15) is 15.0 Å². The maximum absolute atomic E-state index is 11.5. The van der Waals surface area contributed by atoms with Crippen LogP contribution in [-0.2, 0) is 4.74 Å². The number of hydrogen-bond donors (Lipinski definition) is 4. The van der Waals surface area contributed by atoms with Gasteiger partial charge in [0.1, 0.15) is 5.60 Å². The van der Waals surface area contributed by atoms with Crippen molar-refractivity contribution in [2.75, 3.05) is 45.8 Å². The van der Waals surface area contributed by atoms with E-state index in [2.05, 4.69) is 17.1 Å². The molecule has 4 N–H and O–H groups in total. The third-order valence-electron chi connectivity index (χ3n) is 4.42. The highest BCUT2D eigenvalue weighted by atomic mass is 16.6. The van der Waals surface area contributed by atoms with E-state index >= 15 is 0 Å². The van der Waals surface area contributed by atoms with Crippen LogP contribution in [-0.4, -0.2) is 101 Å². The fourth-order valence-electron chi connectivity index (χ4n) is 3.06. The maximum Gasteiger partial charge on any atom is 0.410 e. The molecule has 8 nitrogen and oxygen atoms in total. The standard InChI is InChI=1S/C10H17NO3.C8H15NO.C5H9NO/c1-10(2,3)14-9(13)11-6-4-5-8(12)7-11;1-2-5-9-6-3-4-8(10)7-9;7-5-2-1-3-6-4-5/h4-5,8,12H,6-7H2,1-3H3;3-4,8,10H,2,5-7H2,1H3;1-2,5-7H,3-4H2. The number of nitrogens with one attached hydrogen (secondary N) is 1. The number of carbonyl (C=O) groups excluding carboxylic acids is 1. The van der Waals surface area contributed by atoms with Gasteiger partial charge in [0.15, 0.2) is 0 Å². The van der Waals surface area contributed by atoms with Crippen LogP contribution in [0, 0.1) is 0 Å². The molecule has 178 valence electrons. The van der Waals surface area contributed by atoms with Gasteiger partial charge in [0.2, 0.25) is 0 Å². The van der Waals surface area contributed by atoms with Crippen LogP contribution >= 0.6 is 0 Å². The summed E-state index contributed by atoms with van der Waals surface area (Å²) in [4.78, 5) is 15.3. The first-order valence-electron chi connectivity index (χ1n) is 11.1. The van der Waals surface area contributed by atoms with Gasteiger partial charge in [0.25, 0.3) is 0 Å². The van der Waals surface area contributed by atoms with Crippen molar-refractivity contribution in [3.8, 4) is 0 Å². The zero-order valence-electron chi connectivity index (χ0n) is 19.4. The van der Waals surface area contributed by atoms with E-state index in [1.165, 1.54) is 11.3 Å². The van der Waals surface area contributed by atoms with Gasteiger partial charge in [-0.2, -0.15) is 0 Å². The number of hydrogen-bond acceptors (Lipinski definition) is 7. The minimum absolute atomic E-state index is 0.236. The van der Waals surface area contributed by atoms with E-state index in [1.807, 2.05) is 39.0 Å². The number of rotatable bonds is 2. The lowest BCUT2D eigenvalue weighted by Gasteiger charge is -2.29. The maximum atomic E-state index is 11.5. The van der Waals surface area contributed by atoms with Crippen LogP contribution in [0.4, 0.5) is 4.79 Å². The van der Waals surface area contributed by atoms with Crippen LogP contribution in [0.15, 0.2) is 36.5 Å². The molecule has 3 atom stereocenters. The van der Waals surface area contributed by atoms with Crippen LogP contribution < -0.4 is 5.32 Å². The molecule has 0 spiro atoms. The Bertz CT molecular complexity index is 601. The minimum Gasteiger partial charge on any atom is -0.444 e. The summed E-state index contributed by atoms with van der Waals surface area (Å²) >= 11 is 0. The number of carbonyl (C=O) groups is 1. The predicted octanol–water partition coefficient (Wildman–Crippen LogP) is 1.29. The van der Waals surface area contributed by atoms with Gasteiger partial charge in [0, 0.05) is 32.7 Å². The number of aliphatic hydroxyl groups is 3. The van der Waals surface area contributed by atoms with Gasteiger partial charge in [-0.1, -0.05) is 43.4 Å². The van der Waals surface area contributed by atoms with Crippen molar-refractivity contribution in [3.63, 3.8) is 0 Å². The average molecular weight is 440 g/mol. The Hall–Kier alpha value is -1.71. The third kappa shape index (κ3) is 13.3. The smallest absolute Gasteiger partial charge is 0.410 e. The minimum atomic E-state index is -0.573. The molecule has 1 amide bonds. The Morgan fingerprint density at radius 1 is 1.00 bits per heavy atom. The number of aliphatic hydroxyl groups excluding tert-OH is 3. The van der Waals surface area contributed by atoms with Gasteiger partial charge in [-0.25, -0.2) is 4.79 Å². The second-order valence-corrected chi connectivity index (χ2v) is 8.79. The average Bonchev–Trinajstić information content (AvgIpc) is 2.69. The number of β-amino-alcohol motifs (C(OH)–C–C–N with tert-alkyl or cyclic N) is 3. The molecule has 3 unspecified atom stereocenters. The fraction of sp³-hybridized carbons (Fsp3) is 0.696. The molecule has 31 heavy (non-hydrogen) atoms. The van der Waals surface area contributed by atoms with E-state index in [0.717, 1.165) is 26.2 Å². The summed E-state index contributed by atoms with van der Waals surface area (Å²) in [6.45, 7) is 13.0. The Balaban J connectivity index is 0.000000247. The molecule has 0 aromatic heterocycles. The lowest BCUT2D eigenvalue weighted by atomic mass is 10.2. The normalized spacial score (nSPS) is 25.8. The van der Waals surface area contributed by atoms with Crippen molar-refractivity contribution in [3.05, 3.63) is 36.5 Å². The Morgan fingerprint density at radius 3 is 2.06 bits per heavy atom. The molecule has 0 bridgehead atoms. The molecule has 0 radical (unpaired) electrons.